The number of nitrogens with zero attached hydrogens (tertiary/aromatic N) is 4. The Hall–Kier alpha value is -5.25. The van der Waals surface area contributed by atoms with Crippen LogP contribution in [0.4, 0.5) is 4.39 Å². The van der Waals surface area contributed by atoms with Crippen LogP contribution in [0.5, 0.6) is 0 Å². The molecular weight excluding hydrogens is 680 g/mol. The molecule has 53 heavy (non-hydrogen) atoms. The smallest absolute Gasteiger partial charge is 0.261 e. The Bertz CT molecular complexity index is 2140. The number of halogens is 1. The lowest BCUT2D eigenvalue weighted by molar-refractivity contribution is 0.0478. The number of aromatic nitrogens is 3. The van der Waals surface area contributed by atoms with E-state index in [0.29, 0.717) is 22.3 Å². The normalized spacial score (nSPS) is 13.2. The summed E-state index contributed by atoms with van der Waals surface area (Å²) >= 11 is 0. The van der Waals surface area contributed by atoms with E-state index in [2.05, 4.69) is 50.0 Å². The van der Waals surface area contributed by atoms with E-state index in [4.69, 9.17) is 9.41 Å². The highest BCUT2D eigenvalue weighted by Gasteiger charge is 2.50. The van der Waals surface area contributed by atoms with Crippen molar-refractivity contribution in [2.24, 2.45) is 5.92 Å². The Morgan fingerprint density at radius 2 is 1.38 bits per heavy atom. The van der Waals surface area contributed by atoms with Crippen molar-refractivity contribution in [2.75, 3.05) is 13.2 Å². The van der Waals surface area contributed by atoms with Crippen LogP contribution in [-0.2, 0) is 11.0 Å². The first-order chi connectivity index (χ1) is 25.5. The molecule has 0 aliphatic carbocycles. The summed E-state index contributed by atoms with van der Waals surface area (Å²) in [7, 11) is -3.07. The zero-order chi connectivity index (χ0) is 37.6. The summed E-state index contributed by atoms with van der Waals surface area (Å²) in [4.78, 5) is 39.7. The molecule has 0 bridgehead atoms. The SMILES string of the molecule is CC(C)[C@H](c1nc2cnccc2c(=O)n1Cc1ccccc1)N(C[C@H](F)CO[Si](c1ccccc1)(c1ccccc1)C(C)(C)C)C(=O)c1ccccc1. The first-order valence-electron chi connectivity index (χ1n) is 18.1. The van der Waals surface area contributed by atoms with E-state index in [-0.39, 0.29) is 42.1 Å². The highest BCUT2D eigenvalue weighted by molar-refractivity contribution is 6.99. The van der Waals surface area contributed by atoms with Gasteiger partial charge in [0.1, 0.15) is 12.0 Å². The summed E-state index contributed by atoms with van der Waals surface area (Å²) in [5.41, 5.74) is 1.48. The molecule has 2 heterocycles. The number of amides is 1. The molecule has 2 atom stereocenters. The van der Waals surface area contributed by atoms with Crippen LogP contribution in [0.15, 0.2) is 145 Å². The van der Waals surface area contributed by atoms with E-state index in [1.807, 2.05) is 86.6 Å². The zero-order valence-corrected chi connectivity index (χ0v) is 32.0. The molecular formula is C44H47FN4O3Si. The first kappa shape index (κ1) is 37.5. The Balaban J connectivity index is 1.44. The fourth-order valence-corrected chi connectivity index (χ4v) is 11.9. The number of benzene rings is 4. The second-order valence-electron chi connectivity index (χ2n) is 14.8. The summed E-state index contributed by atoms with van der Waals surface area (Å²) < 4.78 is 25.6. The fraction of sp³-hybridized carbons (Fsp3) is 0.273. The zero-order valence-electron chi connectivity index (χ0n) is 31.0. The van der Waals surface area contributed by atoms with Crippen molar-refractivity contribution < 1.29 is 13.6 Å². The topological polar surface area (TPSA) is 77.3 Å². The molecule has 4 aromatic carbocycles. The molecule has 0 aliphatic rings. The molecule has 6 rings (SSSR count). The number of alkyl halides is 1. The third kappa shape index (κ3) is 7.91. The molecule has 9 heteroatoms. The van der Waals surface area contributed by atoms with Gasteiger partial charge in [0.2, 0.25) is 0 Å². The Morgan fingerprint density at radius 3 is 1.92 bits per heavy atom. The molecule has 0 saturated carbocycles. The van der Waals surface area contributed by atoms with Gasteiger partial charge < -0.3 is 9.33 Å². The molecule has 6 aromatic rings. The van der Waals surface area contributed by atoms with Crippen LogP contribution in [0.2, 0.25) is 5.04 Å². The maximum atomic E-state index is 17.0. The minimum absolute atomic E-state index is 0.229. The van der Waals surface area contributed by atoms with Gasteiger partial charge in [-0.3, -0.25) is 19.1 Å². The van der Waals surface area contributed by atoms with E-state index < -0.39 is 20.5 Å². The van der Waals surface area contributed by atoms with Gasteiger partial charge in [0.25, 0.3) is 19.8 Å². The summed E-state index contributed by atoms with van der Waals surface area (Å²) in [5.74, 6) is -0.238. The minimum atomic E-state index is -3.07. The Morgan fingerprint density at radius 1 is 0.830 bits per heavy atom. The first-order valence-corrected chi connectivity index (χ1v) is 20.1. The number of carbonyl (C=O) groups is 1. The monoisotopic (exact) mass is 726 g/mol. The standard InChI is InChI=1S/C44H47FN4O3Si/c1-32(2)40(41-47-39-28-46-27-26-38(39)43(51)49(41)29-33-18-10-6-11-19-33)48(42(50)34-20-12-7-13-21-34)30-35(45)31-52-53(44(3,4)5,36-22-14-8-15-23-36)37-24-16-9-17-25-37/h6-28,32,35,40H,29-31H2,1-5H3/t35-,40+/m0/s1. The van der Waals surface area contributed by atoms with Crippen LogP contribution in [0.25, 0.3) is 10.9 Å². The van der Waals surface area contributed by atoms with Gasteiger partial charge in [0, 0.05) is 11.8 Å². The van der Waals surface area contributed by atoms with E-state index in [1.165, 1.54) is 0 Å². The number of pyridine rings is 1. The van der Waals surface area contributed by atoms with Gasteiger partial charge >= 0.3 is 0 Å². The molecule has 272 valence electrons. The molecule has 2 aromatic heterocycles. The van der Waals surface area contributed by atoms with Crippen LogP contribution >= 0.6 is 0 Å². The highest BCUT2D eigenvalue weighted by Crippen LogP contribution is 2.37. The van der Waals surface area contributed by atoms with E-state index in [0.717, 1.165) is 15.9 Å². The lowest BCUT2D eigenvalue weighted by Gasteiger charge is -2.43. The third-order valence-electron chi connectivity index (χ3n) is 9.78. The average molecular weight is 727 g/mol. The van der Waals surface area contributed by atoms with Crippen LogP contribution < -0.4 is 15.9 Å². The van der Waals surface area contributed by atoms with E-state index in [1.54, 1.807) is 52.2 Å². The fourth-order valence-electron chi connectivity index (χ4n) is 7.34. The third-order valence-corrected chi connectivity index (χ3v) is 14.8. The van der Waals surface area contributed by atoms with Gasteiger partial charge in [-0.25, -0.2) is 9.37 Å². The van der Waals surface area contributed by atoms with Crippen molar-refractivity contribution >= 4 is 35.5 Å². The van der Waals surface area contributed by atoms with Crippen LogP contribution in [0, 0.1) is 5.92 Å². The Kier molecular flexibility index (Phi) is 11.5. The van der Waals surface area contributed by atoms with Crippen molar-refractivity contribution in [3.8, 4) is 0 Å². The number of carbonyl (C=O) groups excluding carboxylic acids is 1. The molecule has 0 radical (unpaired) electrons. The summed E-state index contributed by atoms with van der Waals surface area (Å²) in [6.45, 7) is 10.1. The molecule has 0 fully saturated rings. The lowest BCUT2D eigenvalue weighted by Crippen LogP contribution is -2.67. The quantitative estimate of drug-likeness (QED) is 0.115. The van der Waals surface area contributed by atoms with Crippen LogP contribution in [0.3, 0.4) is 0 Å². The highest BCUT2D eigenvalue weighted by atomic mass is 28.4. The molecule has 0 aliphatic heterocycles. The molecule has 0 N–H and O–H groups in total. The maximum absolute atomic E-state index is 17.0. The molecule has 0 saturated heterocycles. The summed E-state index contributed by atoms with van der Waals surface area (Å²) in [6.07, 6.45) is 1.56. The van der Waals surface area contributed by atoms with Crippen molar-refractivity contribution in [3.05, 3.63) is 167 Å². The molecule has 0 unspecified atom stereocenters. The summed E-state index contributed by atoms with van der Waals surface area (Å²) in [6, 6.07) is 39.7. The van der Waals surface area contributed by atoms with Crippen molar-refractivity contribution in [1.29, 1.82) is 0 Å². The second kappa shape index (κ2) is 16.2. The minimum Gasteiger partial charge on any atom is -0.404 e. The van der Waals surface area contributed by atoms with Crippen molar-refractivity contribution in [1.82, 2.24) is 19.4 Å². The van der Waals surface area contributed by atoms with E-state index in [9.17, 15) is 9.59 Å². The van der Waals surface area contributed by atoms with Gasteiger partial charge in [-0.1, -0.05) is 144 Å². The number of fused-ring (bicyclic) bond motifs is 1. The van der Waals surface area contributed by atoms with Crippen LogP contribution in [0.1, 0.15) is 62.4 Å². The van der Waals surface area contributed by atoms with Crippen LogP contribution in [-0.4, -0.2) is 53.0 Å². The predicted octanol–water partition coefficient (Wildman–Crippen LogP) is 7.59. The lowest BCUT2D eigenvalue weighted by atomic mass is 9.98. The molecule has 7 nitrogen and oxygen atoms in total. The second-order valence-corrected chi connectivity index (χ2v) is 19.1. The van der Waals surface area contributed by atoms with E-state index >= 15 is 4.39 Å². The van der Waals surface area contributed by atoms with Gasteiger partial charge in [-0.2, -0.15) is 0 Å². The molecule has 0 spiro atoms. The average Bonchev–Trinajstić information content (AvgIpc) is 3.17. The van der Waals surface area contributed by atoms with Gasteiger partial charge in [-0.05, 0) is 45.1 Å². The Labute approximate surface area is 312 Å². The van der Waals surface area contributed by atoms with Crippen molar-refractivity contribution in [3.63, 3.8) is 0 Å². The summed E-state index contributed by atoms with van der Waals surface area (Å²) in [5, 5.41) is 2.15. The van der Waals surface area contributed by atoms with Gasteiger partial charge in [0.05, 0.1) is 42.8 Å². The maximum Gasteiger partial charge on any atom is 0.261 e. The van der Waals surface area contributed by atoms with Crippen molar-refractivity contribution in [2.45, 2.75) is 58.4 Å². The molecule has 1 amide bonds. The number of hydrogen-bond acceptors (Lipinski definition) is 5. The largest absolute Gasteiger partial charge is 0.404 e. The van der Waals surface area contributed by atoms with Gasteiger partial charge in [-0.15, -0.1) is 0 Å². The number of hydrogen-bond donors (Lipinski definition) is 0. The predicted molar refractivity (Wildman–Crippen MR) is 213 cm³/mol. The number of rotatable bonds is 13. The van der Waals surface area contributed by atoms with Gasteiger partial charge in [0.15, 0.2) is 0 Å².